The highest BCUT2D eigenvalue weighted by Crippen LogP contribution is 2.38. The van der Waals surface area contributed by atoms with Crippen LogP contribution in [0.15, 0.2) is 24.3 Å². The summed E-state index contributed by atoms with van der Waals surface area (Å²) in [7, 11) is 0. The van der Waals surface area contributed by atoms with Gasteiger partial charge in [0.1, 0.15) is 0 Å². The Morgan fingerprint density at radius 3 is 2.68 bits per heavy atom. The summed E-state index contributed by atoms with van der Waals surface area (Å²) in [6, 6.07) is 7.13. The molecule has 0 bridgehead atoms. The van der Waals surface area contributed by atoms with E-state index in [1.807, 2.05) is 6.07 Å². The molecule has 3 rings (SSSR count). The van der Waals surface area contributed by atoms with Crippen molar-refractivity contribution < 1.29 is 9.59 Å². The standard InChI is InChI=1S/C17H23N3O2/c1-10-7-14(10)17(22)19-13-4-2-3-12(8-13)16(21)20-15(9-18)11-5-6-11/h2-4,8,10-11,14-15H,5-7,9,18H2,1H3,(H,19,22)(H,20,21). The third-order valence-corrected chi connectivity index (χ3v) is 4.60. The molecule has 2 fully saturated rings. The Labute approximate surface area is 130 Å². The lowest BCUT2D eigenvalue weighted by molar-refractivity contribution is -0.117. The first-order valence-electron chi connectivity index (χ1n) is 8.00. The molecule has 118 valence electrons. The second-order valence-electron chi connectivity index (χ2n) is 6.54. The van der Waals surface area contributed by atoms with Gasteiger partial charge in [0.05, 0.1) is 0 Å². The molecular formula is C17H23N3O2. The van der Waals surface area contributed by atoms with Crippen LogP contribution in [0.4, 0.5) is 5.69 Å². The van der Waals surface area contributed by atoms with E-state index in [9.17, 15) is 9.59 Å². The van der Waals surface area contributed by atoms with Crippen molar-refractivity contribution in [1.29, 1.82) is 0 Å². The molecule has 0 aliphatic heterocycles. The molecule has 0 spiro atoms. The monoisotopic (exact) mass is 301 g/mol. The van der Waals surface area contributed by atoms with Crippen LogP contribution < -0.4 is 16.4 Å². The predicted molar refractivity (Wildman–Crippen MR) is 85.4 cm³/mol. The molecule has 2 amide bonds. The highest BCUT2D eigenvalue weighted by Gasteiger charge is 2.39. The fourth-order valence-corrected chi connectivity index (χ4v) is 2.78. The Morgan fingerprint density at radius 1 is 1.36 bits per heavy atom. The van der Waals surface area contributed by atoms with Gasteiger partial charge in [-0.2, -0.15) is 0 Å². The summed E-state index contributed by atoms with van der Waals surface area (Å²) in [4.78, 5) is 24.3. The smallest absolute Gasteiger partial charge is 0.251 e. The Bertz CT molecular complexity index is 583. The predicted octanol–water partition coefficient (Wildman–Crippen LogP) is 1.75. The van der Waals surface area contributed by atoms with Crippen LogP contribution in [0.3, 0.4) is 0 Å². The lowest BCUT2D eigenvalue weighted by Crippen LogP contribution is -2.41. The topological polar surface area (TPSA) is 84.2 Å². The summed E-state index contributed by atoms with van der Waals surface area (Å²) in [5.74, 6) is 1.03. The number of hydrogen-bond donors (Lipinski definition) is 3. The van der Waals surface area contributed by atoms with Crippen molar-refractivity contribution in [2.75, 3.05) is 11.9 Å². The fraction of sp³-hybridized carbons (Fsp3) is 0.529. The van der Waals surface area contributed by atoms with Crippen molar-refractivity contribution in [3.8, 4) is 0 Å². The lowest BCUT2D eigenvalue weighted by Gasteiger charge is -2.16. The zero-order valence-corrected chi connectivity index (χ0v) is 12.8. The van der Waals surface area contributed by atoms with Gasteiger partial charge < -0.3 is 16.4 Å². The largest absolute Gasteiger partial charge is 0.348 e. The summed E-state index contributed by atoms with van der Waals surface area (Å²) in [6.45, 7) is 2.53. The van der Waals surface area contributed by atoms with Gasteiger partial charge in [-0.3, -0.25) is 9.59 Å². The van der Waals surface area contributed by atoms with Gasteiger partial charge in [0, 0.05) is 29.8 Å². The number of amides is 2. The van der Waals surface area contributed by atoms with Crippen LogP contribution in [0, 0.1) is 17.8 Å². The van der Waals surface area contributed by atoms with Crippen LogP contribution in [0.2, 0.25) is 0 Å². The molecule has 2 aliphatic carbocycles. The number of carbonyl (C=O) groups is 2. The number of nitrogens with two attached hydrogens (primary N) is 1. The molecule has 0 aromatic heterocycles. The van der Waals surface area contributed by atoms with Crippen LogP contribution in [-0.4, -0.2) is 24.4 Å². The molecule has 5 nitrogen and oxygen atoms in total. The molecule has 2 aliphatic rings. The molecule has 22 heavy (non-hydrogen) atoms. The molecule has 4 N–H and O–H groups in total. The summed E-state index contributed by atoms with van der Waals surface area (Å²) in [5, 5.41) is 5.88. The number of anilines is 1. The van der Waals surface area contributed by atoms with Crippen molar-refractivity contribution >= 4 is 17.5 Å². The van der Waals surface area contributed by atoms with Gasteiger partial charge in [0.15, 0.2) is 0 Å². The van der Waals surface area contributed by atoms with Gasteiger partial charge in [0.25, 0.3) is 5.91 Å². The van der Waals surface area contributed by atoms with Gasteiger partial charge in [-0.05, 0) is 49.3 Å². The minimum absolute atomic E-state index is 0.0443. The van der Waals surface area contributed by atoms with Crippen LogP contribution >= 0.6 is 0 Å². The van der Waals surface area contributed by atoms with Crippen LogP contribution in [0.5, 0.6) is 0 Å². The van der Waals surface area contributed by atoms with Crippen LogP contribution in [-0.2, 0) is 4.79 Å². The summed E-state index contributed by atoms with van der Waals surface area (Å²) in [6.07, 6.45) is 3.22. The second kappa shape index (κ2) is 6.08. The maximum Gasteiger partial charge on any atom is 0.251 e. The number of carbonyl (C=O) groups excluding carboxylic acids is 2. The molecule has 1 aromatic carbocycles. The maximum absolute atomic E-state index is 12.3. The van der Waals surface area contributed by atoms with Crippen molar-refractivity contribution in [3.05, 3.63) is 29.8 Å². The Hall–Kier alpha value is -1.88. The number of benzene rings is 1. The number of hydrogen-bond acceptors (Lipinski definition) is 3. The highest BCUT2D eigenvalue weighted by molar-refractivity contribution is 5.98. The van der Waals surface area contributed by atoms with Crippen molar-refractivity contribution in [3.63, 3.8) is 0 Å². The molecule has 0 radical (unpaired) electrons. The zero-order valence-electron chi connectivity index (χ0n) is 12.8. The van der Waals surface area contributed by atoms with E-state index in [2.05, 4.69) is 17.6 Å². The highest BCUT2D eigenvalue weighted by atomic mass is 16.2. The molecule has 1 aromatic rings. The number of rotatable bonds is 6. The zero-order chi connectivity index (χ0) is 15.7. The van der Waals surface area contributed by atoms with E-state index in [4.69, 9.17) is 5.73 Å². The van der Waals surface area contributed by atoms with Gasteiger partial charge in [-0.25, -0.2) is 0 Å². The minimum Gasteiger partial charge on any atom is -0.348 e. The van der Waals surface area contributed by atoms with E-state index in [0.29, 0.717) is 29.6 Å². The van der Waals surface area contributed by atoms with E-state index in [-0.39, 0.29) is 23.8 Å². The molecular weight excluding hydrogens is 278 g/mol. The molecule has 0 heterocycles. The van der Waals surface area contributed by atoms with Crippen molar-refractivity contribution in [2.24, 2.45) is 23.5 Å². The van der Waals surface area contributed by atoms with Gasteiger partial charge in [-0.15, -0.1) is 0 Å². The maximum atomic E-state index is 12.3. The van der Waals surface area contributed by atoms with E-state index >= 15 is 0 Å². The van der Waals surface area contributed by atoms with Crippen LogP contribution in [0.25, 0.3) is 0 Å². The third-order valence-electron chi connectivity index (χ3n) is 4.60. The summed E-state index contributed by atoms with van der Waals surface area (Å²) in [5.41, 5.74) is 6.95. The first kappa shape index (κ1) is 15.0. The molecule has 3 atom stereocenters. The Kier molecular flexibility index (Phi) is 4.16. The van der Waals surface area contributed by atoms with Gasteiger partial charge in [0.2, 0.25) is 5.91 Å². The lowest BCUT2D eigenvalue weighted by atomic mass is 10.1. The summed E-state index contributed by atoms with van der Waals surface area (Å²) >= 11 is 0. The number of nitrogens with one attached hydrogen (secondary N) is 2. The van der Waals surface area contributed by atoms with E-state index in [1.54, 1.807) is 18.2 Å². The minimum atomic E-state index is -0.127. The third kappa shape index (κ3) is 3.47. The SMILES string of the molecule is CC1CC1C(=O)Nc1cccc(C(=O)NC(CN)C2CC2)c1. The molecule has 5 heteroatoms. The molecule has 0 saturated heterocycles. The van der Waals surface area contributed by atoms with Gasteiger partial charge >= 0.3 is 0 Å². The average Bonchev–Trinajstić information content (AvgIpc) is 3.40. The van der Waals surface area contributed by atoms with Crippen molar-refractivity contribution in [2.45, 2.75) is 32.2 Å². The normalized spacial score (nSPS) is 24.5. The first-order chi connectivity index (χ1) is 10.6. The quantitative estimate of drug-likeness (QED) is 0.748. The van der Waals surface area contributed by atoms with Crippen molar-refractivity contribution in [1.82, 2.24) is 5.32 Å². The van der Waals surface area contributed by atoms with Crippen LogP contribution in [0.1, 0.15) is 36.5 Å². The van der Waals surface area contributed by atoms with E-state index < -0.39 is 0 Å². The molecule has 3 unspecified atom stereocenters. The molecule has 2 saturated carbocycles. The second-order valence-corrected chi connectivity index (χ2v) is 6.54. The van der Waals surface area contributed by atoms with E-state index in [0.717, 1.165) is 19.3 Å². The Morgan fingerprint density at radius 2 is 2.09 bits per heavy atom. The Balaban J connectivity index is 1.62. The van der Waals surface area contributed by atoms with Gasteiger partial charge in [-0.1, -0.05) is 13.0 Å². The fourth-order valence-electron chi connectivity index (χ4n) is 2.78. The van der Waals surface area contributed by atoms with E-state index in [1.165, 1.54) is 0 Å². The average molecular weight is 301 g/mol. The summed E-state index contributed by atoms with van der Waals surface area (Å²) < 4.78 is 0. The first-order valence-corrected chi connectivity index (χ1v) is 8.00.